The number of nitrogens with two attached hydrogens (primary N) is 1. The van der Waals surface area contributed by atoms with E-state index >= 15 is 0 Å². The van der Waals surface area contributed by atoms with Crippen molar-refractivity contribution >= 4 is 11.9 Å². The first-order valence-corrected chi connectivity index (χ1v) is 4.81. The van der Waals surface area contributed by atoms with Gasteiger partial charge in [-0.15, -0.1) is 0 Å². The molecule has 1 unspecified atom stereocenters. The zero-order chi connectivity index (χ0) is 11.1. The molecule has 0 radical (unpaired) electrons. The summed E-state index contributed by atoms with van der Waals surface area (Å²) in [6, 6.07) is -1.43. The van der Waals surface area contributed by atoms with E-state index in [-0.39, 0.29) is 5.91 Å². The summed E-state index contributed by atoms with van der Waals surface area (Å²) in [7, 11) is 0. The van der Waals surface area contributed by atoms with Crippen LogP contribution in [0.3, 0.4) is 0 Å². The van der Waals surface area contributed by atoms with Crippen LogP contribution in [0.5, 0.6) is 0 Å². The van der Waals surface area contributed by atoms with Gasteiger partial charge in [-0.3, -0.25) is 4.79 Å². The van der Waals surface area contributed by atoms with Crippen molar-refractivity contribution in [2.24, 2.45) is 5.73 Å². The summed E-state index contributed by atoms with van der Waals surface area (Å²) >= 11 is 0. The molecule has 0 bridgehead atoms. The minimum atomic E-state index is -1.02. The zero-order valence-corrected chi connectivity index (χ0v) is 8.62. The first kappa shape index (κ1) is 12.9. The van der Waals surface area contributed by atoms with Crippen molar-refractivity contribution in [1.82, 2.24) is 5.32 Å². The van der Waals surface area contributed by atoms with Gasteiger partial charge in [0.15, 0.2) is 0 Å². The molecule has 0 aliphatic heterocycles. The van der Waals surface area contributed by atoms with Crippen molar-refractivity contribution in [3.63, 3.8) is 0 Å². The van der Waals surface area contributed by atoms with E-state index in [1.807, 2.05) is 6.92 Å². The molecule has 0 aromatic carbocycles. The minimum Gasteiger partial charge on any atom is -0.480 e. The van der Waals surface area contributed by atoms with E-state index in [9.17, 15) is 9.59 Å². The summed E-state index contributed by atoms with van der Waals surface area (Å²) in [4.78, 5) is 21.9. The van der Waals surface area contributed by atoms with Crippen LogP contribution in [0.2, 0.25) is 0 Å². The third kappa shape index (κ3) is 4.23. The van der Waals surface area contributed by atoms with E-state index < -0.39 is 18.1 Å². The fourth-order valence-corrected chi connectivity index (χ4v) is 1.06. The van der Waals surface area contributed by atoms with Crippen LogP contribution < -0.4 is 11.1 Å². The molecule has 0 spiro atoms. The lowest BCUT2D eigenvalue weighted by molar-refractivity contribution is -0.142. The molecule has 4 N–H and O–H groups in total. The molecule has 0 aliphatic carbocycles. The largest absolute Gasteiger partial charge is 0.480 e. The molecule has 1 amide bonds. The quantitative estimate of drug-likeness (QED) is 0.569. The number of nitrogens with one attached hydrogen (secondary N) is 1. The number of carboxylic acids is 1. The Labute approximate surface area is 83.7 Å². The van der Waals surface area contributed by atoms with Crippen molar-refractivity contribution in [1.29, 1.82) is 0 Å². The summed E-state index contributed by atoms with van der Waals surface area (Å²) in [6.45, 7) is 3.62. The number of carbonyl (C=O) groups excluding carboxylic acids is 1. The van der Waals surface area contributed by atoms with Crippen LogP contribution in [0, 0.1) is 0 Å². The number of carboxylic acid groups (broad SMARTS) is 1. The molecular formula is C9H18N2O3. The van der Waals surface area contributed by atoms with Gasteiger partial charge in [-0.2, -0.15) is 0 Å². The van der Waals surface area contributed by atoms with Gasteiger partial charge in [0.25, 0.3) is 0 Å². The van der Waals surface area contributed by atoms with Gasteiger partial charge in [0, 0.05) is 0 Å². The lowest BCUT2D eigenvalue weighted by Crippen LogP contribution is -2.48. The Bertz CT molecular complexity index is 206. The van der Waals surface area contributed by atoms with Crippen LogP contribution in [0.4, 0.5) is 0 Å². The van der Waals surface area contributed by atoms with Gasteiger partial charge in [0.1, 0.15) is 6.04 Å². The van der Waals surface area contributed by atoms with E-state index in [1.165, 1.54) is 0 Å². The van der Waals surface area contributed by atoms with Gasteiger partial charge in [0.05, 0.1) is 6.04 Å². The summed E-state index contributed by atoms with van der Waals surface area (Å²) in [5.74, 6) is -1.41. The Morgan fingerprint density at radius 3 is 2.36 bits per heavy atom. The van der Waals surface area contributed by atoms with Crippen LogP contribution in [-0.2, 0) is 9.59 Å². The molecule has 0 saturated heterocycles. The molecule has 0 rings (SSSR count). The molecule has 0 fully saturated rings. The monoisotopic (exact) mass is 202 g/mol. The maximum absolute atomic E-state index is 11.3. The smallest absolute Gasteiger partial charge is 0.326 e. The van der Waals surface area contributed by atoms with Gasteiger partial charge >= 0.3 is 5.97 Å². The van der Waals surface area contributed by atoms with Gasteiger partial charge in [-0.25, -0.2) is 4.79 Å². The van der Waals surface area contributed by atoms with Gasteiger partial charge in [0.2, 0.25) is 5.91 Å². The average Bonchev–Trinajstić information content (AvgIpc) is 2.13. The molecule has 14 heavy (non-hydrogen) atoms. The fraction of sp³-hybridized carbons (Fsp3) is 0.778. The standard InChI is InChI=1S/C9H18N2O3/c1-3-5-6(10)8(12)11-7(4-2)9(13)14/h6-7H,3-5,10H2,1-2H3,(H,11,12)(H,13,14)/t6?,7-/m1/s1. The predicted molar refractivity (Wildman–Crippen MR) is 52.7 cm³/mol. The second-order valence-electron chi connectivity index (χ2n) is 3.20. The second-order valence-corrected chi connectivity index (χ2v) is 3.20. The number of carbonyl (C=O) groups is 2. The number of rotatable bonds is 6. The third-order valence-electron chi connectivity index (χ3n) is 1.96. The zero-order valence-electron chi connectivity index (χ0n) is 8.62. The van der Waals surface area contributed by atoms with E-state index in [4.69, 9.17) is 10.8 Å². The van der Waals surface area contributed by atoms with Crippen LogP contribution >= 0.6 is 0 Å². The maximum atomic E-state index is 11.3. The molecule has 82 valence electrons. The Kier molecular flexibility index (Phi) is 5.87. The third-order valence-corrected chi connectivity index (χ3v) is 1.96. The maximum Gasteiger partial charge on any atom is 0.326 e. The normalized spacial score (nSPS) is 14.5. The Morgan fingerprint density at radius 1 is 1.43 bits per heavy atom. The van der Waals surface area contributed by atoms with E-state index in [0.717, 1.165) is 6.42 Å². The molecule has 2 atom stereocenters. The molecule has 0 aromatic heterocycles. The first-order valence-electron chi connectivity index (χ1n) is 4.81. The van der Waals surface area contributed by atoms with E-state index in [1.54, 1.807) is 6.92 Å². The summed E-state index contributed by atoms with van der Waals surface area (Å²) in [5, 5.41) is 11.1. The molecule has 5 heteroatoms. The Hall–Kier alpha value is -1.10. The predicted octanol–water partition coefficient (Wildman–Crippen LogP) is 0.0932. The molecule has 0 aliphatic rings. The highest BCUT2D eigenvalue weighted by atomic mass is 16.4. The second kappa shape index (κ2) is 6.37. The summed E-state index contributed by atoms with van der Waals surface area (Å²) < 4.78 is 0. The first-order chi connectivity index (χ1) is 6.52. The topological polar surface area (TPSA) is 92.4 Å². The van der Waals surface area contributed by atoms with Gasteiger partial charge in [-0.05, 0) is 12.8 Å². The Morgan fingerprint density at radius 2 is 2.00 bits per heavy atom. The lowest BCUT2D eigenvalue weighted by atomic mass is 10.1. The van der Waals surface area contributed by atoms with Crippen LogP contribution in [-0.4, -0.2) is 29.1 Å². The highest BCUT2D eigenvalue weighted by Crippen LogP contribution is 1.96. The van der Waals surface area contributed by atoms with Gasteiger partial charge < -0.3 is 16.2 Å². The van der Waals surface area contributed by atoms with Crippen molar-refractivity contribution in [2.75, 3.05) is 0 Å². The minimum absolute atomic E-state index is 0.361. The molecule has 0 heterocycles. The summed E-state index contributed by atoms with van der Waals surface area (Å²) in [5.41, 5.74) is 5.53. The van der Waals surface area contributed by atoms with Crippen molar-refractivity contribution in [3.05, 3.63) is 0 Å². The average molecular weight is 202 g/mol. The summed E-state index contributed by atoms with van der Waals surface area (Å²) in [6.07, 6.45) is 1.74. The highest BCUT2D eigenvalue weighted by molar-refractivity contribution is 5.86. The van der Waals surface area contributed by atoms with Crippen molar-refractivity contribution in [3.8, 4) is 0 Å². The van der Waals surface area contributed by atoms with Crippen LogP contribution in [0.15, 0.2) is 0 Å². The number of aliphatic carboxylic acids is 1. The number of amides is 1. The SMILES string of the molecule is CCCC(N)C(=O)N[C@H](CC)C(=O)O. The lowest BCUT2D eigenvalue weighted by Gasteiger charge is -2.15. The molecule has 0 aromatic rings. The van der Waals surface area contributed by atoms with Crippen LogP contribution in [0.25, 0.3) is 0 Å². The highest BCUT2D eigenvalue weighted by Gasteiger charge is 2.20. The van der Waals surface area contributed by atoms with Crippen molar-refractivity contribution < 1.29 is 14.7 Å². The number of hydrogen-bond acceptors (Lipinski definition) is 3. The molecular weight excluding hydrogens is 184 g/mol. The molecule has 5 nitrogen and oxygen atoms in total. The van der Waals surface area contributed by atoms with Crippen molar-refractivity contribution in [2.45, 2.75) is 45.2 Å². The van der Waals surface area contributed by atoms with Gasteiger partial charge in [-0.1, -0.05) is 20.3 Å². The van der Waals surface area contributed by atoms with E-state index in [0.29, 0.717) is 12.8 Å². The van der Waals surface area contributed by atoms with E-state index in [2.05, 4.69) is 5.32 Å². The Balaban J connectivity index is 4.08. The van der Waals surface area contributed by atoms with Crippen LogP contribution in [0.1, 0.15) is 33.1 Å². The number of hydrogen-bond donors (Lipinski definition) is 3. The molecule has 0 saturated carbocycles. The fourth-order valence-electron chi connectivity index (χ4n) is 1.06.